The second-order valence-corrected chi connectivity index (χ2v) is 4.03. The molecule has 0 bridgehead atoms. The van der Waals surface area contributed by atoms with E-state index in [-0.39, 0.29) is 24.6 Å². The minimum absolute atomic E-state index is 0.0458. The molecule has 0 amide bonds. The Labute approximate surface area is 55.1 Å². The first-order valence-corrected chi connectivity index (χ1v) is 4.55. The molecule has 0 radical (unpaired) electrons. The molecule has 56 valence electrons. The summed E-state index contributed by atoms with van der Waals surface area (Å²) in [6.45, 7) is 0.366. The summed E-state index contributed by atoms with van der Waals surface area (Å²) in [5.41, 5.74) is 10.0. The second-order valence-electron chi connectivity index (χ2n) is 1.73. The number of sulfone groups is 1. The number of hydrogen-bond acceptors (Lipinski definition) is 4. The molecule has 0 atom stereocenters. The van der Waals surface area contributed by atoms with Crippen LogP contribution in [0.4, 0.5) is 0 Å². The van der Waals surface area contributed by atoms with Crippen LogP contribution < -0.4 is 11.5 Å². The molecule has 0 heterocycles. The maximum Gasteiger partial charge on any atom is 0.152 e. The van der Waals surface area contributed by atoms with Crippen molar-refractivity contribution < 1.29 is 8.42 Å². The third kappa shape index (κ3) is 4.38. The van der Waals surface area contributed by atoms with Crippen LogP contribution in [-0.2, 0) is 9.84 Å². The smallest absolute Gasteiger partial charge is 0.152 e. The maximum atomic E-state index is 10.7. The SMILES string of the molecule is NCCS(=O)(=O)CCN. The van der Waals surface area contributed by atoms with Crippen LogP contribution in [0.15, 0.2) is 0 Å². The van der Waals surface area contributed by atoms with Crippen LogP contribution in [0.1, 0.15) is 0 Å². The highest BCUT2D eigenvalue weighted by molar-refractivity contribution is 7.91. The van der Waals surface area contributed by atoms with Gasteiger partial charge in [-0.1, -0.05) is 0 Å². The summed E-state index contributed by atoms with van der Waals surface area (Å²) in [7, 11) is -2.93. The molecule has 5 heteroatoms. The molecule has 0 spiro atoms. The van der Waals surface area contributed by atoms with Crippen LogP contribution in [0.2, 0.25) is 0 Å². The van der Waals surface area contributed by atoms with Gasteiger partial charge in [0.05, 0.1) is 11.5 Å². The van der Waals surface area contributed by atoms with Crippen LogP contribution in [0.5, 0.6) is 0 Å². The van der Waals surface area contributed by atoms with Gasteiger partial charge in [0.1, 0.15) is 0 Å². The zero-order chi connectivity index (χ0) is 7.33. The molecule has 0 saturated carbocycles. The Bertz CT molecular complexity index is 140. The molecule has 4 nitrogen and oxygen atoms in total. The Kier molecular flexibility index (Phi) is 3.76. The fourth-order valence-electron chi connectivity index (χ4n) is 0.461. The average Bonchev–Trinajstić information content (AvgIpc) is 1.64. The molecule has 0 rings (SSSR count). The molecule has 0 unspecified atom stereocenters. The normalized spacial score (nSPS) is 11.8. The topological polar surface area (TPSA) is 86.2 Å². The summed E-state index contributed by atoms with van der Waals surface area (Å²) in [6, 6.07) is 0. The van der Waals surface area contributed by atoms with Crippen LogP contribution in [0, 0.1) is 0 Å². The fourth-order valence-corrected chi connectivity index (χ4v) is 1.38. The summed E-state index contributed by atoms with van der Waals surface area (Å²) >= 11 is 0. The average molecular weight is 152 g/mol. The van der Waals surface area contributed by atoms with Gasteiger partial charge < -0.3 is 11.5 Å². The van der Waals surface area contributed by atoms with Gasteiger partial charge in [-0.2, -0.15) is 0 Å². The molecule has 0 aliphatic carbocycles. The van der Waals surface area contributed by atoms with Crippen molar-refractivity contribution in [3.05, 3.63) is 0 Å². The summed E-state index contributed by atoms with van der Waals surface area (Å²) in [5, 5.41) is 0. The zero-order valence-corrected chi connectivity index (χ0v) is 6.02. The Morgan fingerprint density at radius 2 is 1.33 bits per heavy atom. The van der Waals surface area contributed by atoms with Crippen molar-refractivity contribution in [1.82, 2.24) is 0 Å². The van der Waals surface area contributed by atoms with Gasteiger partial charge in [0, 0.05) is 13.1 Å². The van der Waals surface area contributed by atoms with E-state index in [1.165, 1.54) is 0 Å². The lowest BCUT2D eigenvalue weighted by Crippen LogP contribution is -2.22. The molecule has 0 aromatic rings. The maximum absolute atomic E-state index is 10.7. The Hall–Kier alpha value is -0.130. The number of rotatable bonds is 4. The lowest BCUT2D eigenvalue weighted by molar-refractivity contribution is 0.595. The van der Waals surface area contributed by atoms with Crippen molar-refractivity contribution in [3.8, 4) is 0 Å². The van der Waals surface area contributed by atoms with E-state index >= 15 is 0 Å². The number of nitrogens with two attached hydrogens (primary N) is 2. The fraction of sp³-hybridized carbons (Fsp3) is 1.00. The van der Waals surface area contributed by atoms with E-state index in [1.807, 2.05) is 0 Å². The lowest BCUT2D eigenvalue weighted by Gasteiger charge is -1.97. The standard InChI is InChI=1S/C4H12N2O2S/c5-1-3-9(7,8)4-2-6/h1-6H2. The van der Waals surface area contributed by atoms with Gasteiger partial charge in [0.2, 0.25) is 0 Å². The third-order valence-corrected chi connectivity index (χ3v) is 2.57. The van der Waals surface area contributed by atoms with E-state index in [2.05, 4.69) is 0 Å². The second kappa shape index (κ2) is 3.81. The molecule has 0 aromatic carbocycles. The highest BCUT2D eigenvalue weighted by Crippen LogP contribution is 1.84. The highest BCUT2D eigenvalue weighted by atomic mass is 32.2. The summed E-state index contributed by atoms with van der Waals surface area (Å²) < 4.78 is 21.3. The van der Waals surface area contributed by atoms with Crippen molar-refractivity contribution in [2.24, 2.45) is 11.5 Å². The molecule has 4 N–H and O–H groups in total. The first-order valence-electron chi connectivity index (χ1n) is 2.73. The van der Waals surface area contributed by atoms with Gasteiger partial charge >= 0.3 is 0 Å². The van der Waals surface area contributed by atoms with E-state index in [0.717, 1.165) is 0 Å². The quantitative estimate of drug-likeness (QED) is 0.503. The van der Waals surface area contributed by atoms with Gasteiger partial charge in [0.25, 0.3) is 0 Å². The molecule has 9 heavy (non-hydrogen) atoms. The van der Waals surface area contributed by atoms with Crippen molar-refractivity contribution in [2.45, 2.75) is 0 Å². The van der Waals surface area contributed by atoms with E-state index in [0.29, 0.717) is 0 Å². The van der Waals surface area contributed by atoms with Crippen molar-refractivity contribution >= 4 is 9.84 Å². The van der Waals surface area contributed by atoms with Crippen LogP contribution >= 0.6 is 0 Å². The summed E-state index contributed by atoms with van der Waals surface area (Å²) in [5.74, 6) is 0.0917. The summed E-state index contributed by atoms with van der Waals surface area (Å²) in [4.78, 5) is 0. The van der Waals surface area contributed by atoms with E-state index in [4.69, 9.17) is 11.5 Å². The van der Waals surface area contributed by atoms with E-state index < -0.39 is 9.84 Å². The van der Waals surface area contributed by atoms with E-state index in [9.17, 15) is 8.42 Å². The van der Waals surface area contributed by atoms with Crippen LogP contribution in [0.3, 0.4) is 0 Å². The zero-order valence-electron chi connectivity index (χ0n) is 5.21. The third-order valence-electron chi connectivity index (χ3n) is 0.858. The molecule has 0 aromatic heterocycles. The van der Waals surface area contributed by atoms with Gasteiger partial charge in [0.15, 0.2) is 9.84 Å². The van der Waals surface area contributed by atoms with Crippen LogP contribution in [-0.4, -0.2) is 33.0 Å². The van der Waals surface area contributed by atoms with Crippen molar-refractivity contribution in [2.75, 3.05) is 24.6 Å². The predicted molar refractivity (Wildman–Crippen MR) is 36.8 cm³/mol. The number of hydrogen-bond donors (Lipinski definition) is 2. The molecular weight excluding hydrogens is 140 g/mol. The molecule has 0 aliphatic heterocycles. The minimum Gasteiger partial charge on any atom is -0.329 e. The molecule has 0 fully saturated rings. The Morgan fingerprint density at radius 3 is 1.56 bits per heavy atom. The molecular formula is C4H12N2O2S. The van der Waals surface area contributed by atoms with E-state index in [1.54, 1.807) is 0 Å². The minimum atomic E-state index is -2.93. The van der Waals surface area contributed by atoms with Crippen molar-refractivity contribution in [1.29, 1.82) is 0 Å². The predicted octanol–water partition coefficient (Wildman–Crippen LogP) is -1.68. The van der Waals surface area contributed by atoms with Gasteiger partial charge in [-0.3, -0.25) is 0 Å². The monoisotopic (exact) mass is 152 g/mol. The molecule has 0 aliphatic rings. The van der Waals surface area contributed by atoms with Crippen molar-refractivity contribution in [3.63, 3.8) is 0 Å². The van der Waals surface area contributed by atoms with Gasteiger partial charge in [-0.05, 0) is 0 Å². The highest BCUT2D eigenvalue weighted by Gasteiger charge is 2.05. The summed E-state index contributed by atoms with van der Waals surface area (Å²) in [6.07, 6.45) is 0. The first kappa shape index (κ1) is 8.87. The van der Waals surface area contributed by atoms with Crippen LogP contribution in [0.25, 0.3) is 0 Å². The Balaban J connectivity index is 3.73. The van der Waals surface area contributed by atoms with Gasteiger partial charge in [-0.25, -0.2) is 8.42 Å². The largest absolute Gasteiger partial charge is 0.329 e. The lowest BCUT2D eigenvalue weighted by atomic mass is 10.8. The van der Waals surface area contributed by atoms with Gasteiger partial charge in [-0.15, -0.1) is 0 Å². The first-order chi connectivity index (χ1) is 4.12. The Morgan fingerprint density at radius 1 is 1.00 bits per heavy atom. The molecule has 0 saturated heterocycles.